The van der Waals surface area contributed by atoms with Crippen LogP contribution in [0.1, 0.15) is 54.6 Å². The highest BCUT2D eigenvalue weighted by atomic mass is 19.4. The Morgan fingerprint density at radius 1 is 1.03 bits per heavy atom. The summed E-state index contributed by atoms with van der Waals surface area (Å²) in [7, 11) is 0. The molecule has 2 aromatic carbocycles. The first-order valence-corrected chi connectivity index (χ1v) is 11.7. The highest BCUT2D eigenvalue weighted by Crippen LogP contribution is 2.33. The molecule has 0 aliphatic carbocycles. The fourth-order valence-electron chi connectivity index (χ4n) is 4.32. The molecule has 36 heavy (non-hydrogen) atoms. The van der Waals surface area contributed by atoms with Gasteiger partial charge in [0.2, 0.25) is 0 Å². The third-order valence-electron chi connectivity index (χ3n) is 6.08. The lowest BCUT2D eigenvalue weighted by molar-refractivity contribution is -0.274. The second kappa shape index (κ2) is 10.9. The van der Waals surface area contributed by atoms with E-state index in [9.17, 15) is 22.8 Å². The van der Waals surface area contributed by atoms with Crippen molar-refractivity contribution in [3.63, 3.8) is 0 Å². The number of ether oxygens (including phenoxy) is 2. The molecule has 0 radical (unpaired) electrons. The SMILES string of the molecule is CC(=O)CCCOc1ccc2c(C3CCN(C(=O)c4ccc(OC(F)(F)F)cc4)CC3)ncnc2c1. The fourth-order valence-corrected chi connectivity index (χ4v) is 4.32. The summed E-state index contributed by atoms with van der Waals surface area (Å²) in [6, 6.07) is 10.6. The first-order valence-electron chi connectivity index (χ1n) is 11.7. The number of likely N-dealkylation sites (tertiary alicyclic amines) is 1. The molecule has 10 heteroatoms. The van der Waals surface area contributed by atoms with E-state index < -0.39 is 6.36 Å². The zero-order valence-corrected chi connectivity index (χ0v) is 19.8. The van der Waals surface area contributed by atoms with Gasteiger partial charge in [-0.3, -0.25) is 4.79 Å². The number of carbonyl (C=O) groups is 2. The second-order valence-corrected chi connectivity index (χ2v) is 8.73. The highest BCUT2D eigenvalue weighted by molar-refractivity contribution is 5.94. The molecule has 7 nitrogen and oxygen atoms in total. The van der Waals surface area contributed by atoms with Crippen LogP contribution in [0.25, 0.3) is 10.9 Å². The molecule has 3 aromatic rings. The van der Waals surface area contributed by atoms with Crippen molar-refractivity contribution < 1.29 is 32.2 Å². The molecular weight excluding hydrogens is 475 g/mol. The van der Waals surface area contributed by atoms with Crippen molar-refractivity contribution in [2.75, 3.05) is 19.7 Å². The van der Waals surface area contributed by atoms with Crippen molar-refractivity contribution in [1.82, 2.24) is 14.9 Å². The number of amides is 1. The Balaban J connectivity index is 1.37. The summed E-state index contributed by atoms with van der Waals surface area (Å²) in [5, 5.41) is 0.929. The standard InChI is InChI=1S/C26H26F3N3O4/c1-17(33)3-2-14-35-21-8-9-22-23(15-21)30-16-31-24(22)18-10-12-32(13-11-18)25(34)19-4-6-20(7-5-19)36-26(27,28)29/h4-9,15-16,18H,2-3,10-14H2,1H3. The van der Waals surface area contributed by atoms with E-state index in [1.807, 2.05) is 18.2 Å². The highest BCUT2D eigenvalue weighted by Gasteiger charge is 2.31. The van der Waals surface area contributed by atoms with Gasteiger partial charge in [0.1, 0.15) is 23.6 Å². The minimum atomic E-state index is -4.77. The summed E-state index contributed by atoms with van der Waals surface area (Å²) >= 11 is 0. The Kier molecular flexibility index (Phi) is 7.71. The number of halogens is 3. The van der Waals surface area contributed by atoms with Crippen LogP contribution < -0.4 is 9.47 Å². The van der Waals surface area contributed by atoms with Gasteiger partial charge in [0.05, 0.1) is 17.8 Å². The third kappa shape index (κ3) is 6.50. The largest absolute Gasteiger partial charge is 0.573 e. The molecule has 1 amide bonds. The lowest BCUT2D eigenvalue weighted by Crippen LogP contribution is -2.38. The van der Waals surface area contributed by atoms with Crippen LogP contribution in [0.4, 0.5) is 13.2 Å². The number of benzene rings is 2. The lowest BCUT2D eigenvalue weighted by atomic mass is 9.90. The molecule has 0 unspecified atom stereocenters. The van der Waals surface area contributed by atoms with E-state index in [1.165, 1.54) is 18.5 Å². The van der Waals surface area contributed by atoms with Crippen LogP contribution in [0, 0.1) is 0 Å². The zero-order chi connectivity index (χ0) is 25.7. The minimum Gasteiger partial charge on any atom is -0.494 e. The maximum atomic E-state index is 12.8. The Hall–Kier alpha value is -3.69. The van der Waals surface area contributed by atoms with Crippen molar-refractivity contribution >= 4 is 22.6 Å². The number of Topliss-reactive ketones (excluding diaryl/α,β-unsaturated/α-hetero) is 1. The molecule has 1 aliphatic rings. The van der Waals surface area contributed by atoms with Gasteiger partial charge in [-0.1, -0.05) is 0 Å². The molecule has 2 heterocycles. The van der Waals surface area contributed by atoms with Crippen molar-refractivity contribution in [2.45, 2.75) is 44.9 Å². The molecule has 0 bridgehead atoms. The summed E-state index contributed by atoms with van der Waals surface area (Å²) in [5.74, 6) is 0.368. The Bertz CT molecular complexity index is 1220. The van der Waals surface area contributed by atoms with Gasteiger partial charge in [-0.25, -0.2) is 9.97 Å². The predicted molar refractivity (Wildman–Crippen MR) is 126 cm³/mol. The van der Waals surface area contributed by atoms with Gasteiger partial charge in [-0.2, -0.15) is 0 Å². The summed E-state index contributed by atoms with van der Waals surface area (Å²) in [5.41, 5.74) is 2.00. The first kappa shape index (κ1) is 25.4. The van der Waals surface area contributed by atoms with Gasteiger partial charge in [0.15, 0.2) is 0 Å². The number of hydrogen-bond donors (Lipinski definition) is 0. The summed E-state index contributed by atoms with van der Waals surface area (Å²) in [6.45, 7) is 3.02. The molecule has 1 fully saturated rings. The van der Waals surface area contributed by atoms with Crippen LogP contribution in [-0.2, 0) is 4.79 Å². The molecular formula is C26H26F3N3O4. The van der Waals surface area contributed by atoms with Crippen LogP contribution in [0.15, 0.2) is 48.8 Å². The van der Waals surface area contributed by atoms with Gasteiger partial charge in [-0.05, 0) is 62.6 Å². The number of aromatic nitrogens is 2. The normalized spacial score (nSPS) is 14.6. The van der Waals surface area contributed by atoms with Crippen LogP contribution in [0.5, 0.6) is 11.5 Å². The summed E-state index contributed by atoms with van der Waals surface area (Å²) < 4.78 is 46.7. The van der Waals surface area contributed by atoms with Gasteiger partial charge in [0, 0.05) is 42.4 Å². The van der Waals surface area contributed by atoms with Crippen LogP contribution >= 0.6 is 0 Å². The molecule has 4 rings (SSSR count). The maximum Gasteiger partial charge on any atom is 0.573 e. The average molecular weight is 502 g/mol. The van der Waals surface area contributed by atoms with E-state index in [0.717, 1.165) is 28.7 Å². The van der Waals surface area contributed by atoms with Crippen LogP contribution in [0.2, 0.25) is 0 Å². The van der Waals surface area contributed by atoms with Gasteiger partial charge in [0.25, 0.3) is 5.91 Å². The van der Waals surface area contributed by atoms with E-state index in [1.54, 1.807) is 11.8 Å². The number of hydrogen-bond acceptors (Lipinski definition) is 6. The van der Waals surface area contributed by atoms with E-state index in [2.05, 4.69) is 14.7 Å². The quantitative estimate of drug-likeness (QED) is 0.390. The number of rotatable bonds is 8. The van der Waals surface area contributed by atoms with E-state index in [0.29, 0.717) is 56.7 Å². The van der Waals surface area contributed by atoms with Crippen molar-refractivity contribution in [1.29, 1.82) is 0 Å². The molecule has 0 atom stereocenters. The van der Waals surface area contributed by atoms with Gasteiger partial charge in [-0.15, -0.1) is 13.2 Å². The Labute approximate surface area is 206 Å². The smallest absolute Gasteiger partial charge is 0.494 e. The number of piperidine rings is 1. The fraction of sp³-hybridized carbons (Fsp3) is 0.385. The van der Waals surface area contributed by atoms with Crippen LogP contribution in [0.3, 0.4) is 0 Å². The van der Waals surface area contributed by atoms with E-state index >= 15 is 0 Å². The molecule has 1 aliphatic heterocycles. The second-order valence-electron chi connectivity index (χ2n) is 8.73. The number of ketones is 1. The lowest BCUT2D eigenvalue weighted by Gasteiger charge is -2.32. The minimum absolute atomic E-state index is 0.135. The number of nitrogens with zero attached hydrogens (tertiary/aromatic N) is 3. The Morgan fingerprint density at radius 3 is 2.39 bits per heavy atom. The van der Waals surface area contributed by atoms with Gasteiger partial charge < -0.3 is 19.2 Å². The topological polar surface area (TPSA) is 81.6 Å². The molecule has 1 aromatic heterocycles. The van der Waals surface area contributed by atoms with Crippen molar-refractivity contribution in [3.8, 4) is 11.5 Å². The molecule has 0 saturated carbocycles. The third-order valence-corrected chi connectivity index (χ3v) is 6.08. The number of alkyl halides is 3. The monoisotopic (exact) mass is 501 g/mol. The Morgan fingerprint density at radius 2 is 1.72 bits per heavy atom. The van der Waals surface area contributed by atoms with E-state index in [-0.39, 0.29) is 23.4 Å². The predicted octanol–water partition coefficient (Wildman–Crippen LogP) is 5.30. The number of fused-ring (bicyclic) bond motifs is 1. The van der Waals surface area contributed by atoms with Crippen molar-refractivity contribution in [2.24, 2.45) is 0 Å². The number of carbonyl (C=O) groups excluding carboxylic acids is 2. The van der Waals surface area contributed by atoms with E-state index in [4.69, 9.17) is 4.74 Å². The molecule has 190 valence electrons. The average Bonchev–Trinajstić information content (AvgIpc) is 2.85. The van der Waals surface area contributed by atoms with Gasteiger partial charge >= 0.3 is 6.36 Å². The van der Waals surface area contributed by atoms with Crippen molar-refractivity contribution in [3.05, 3.63) is 60.0 Å². The zero-order valence-electron chi connectivity index (χ0n) is 19.8. The van der Waals surface area contributed by atoms with Crippen LogP contribution in [-0.4, -0.2) is 52.6 Å². The maximum absolute atomic E-state index is 12.8. The molecule has 1 saturated heterocycles. The first-order chi connectivity index (χ1) is 17.2. The molecule has 0 spiro atoms. The summed E-state index contributed by atoms with van der Waals surface area (Å²) in [4.78, 5) is 34.5. The molecule has 0 N–H and O–H groups in total. The summed E-state index contributed by atoms with van der Waals surface area (Å²) in [6.07, 6.45) is -0.695.